The first-order chi connectivity index (χ1) is 19.3. The first-order valence-electron chi connectivity index (χ1n) is 12.9. The number of benzene rings is 3. The third kappa shape index (κ3) is 11.9. The zero-order chi connectivity index (χ0) is 30.0. The molecule has 0 fully saturated rings. The molecule has 0 spiro atoms. The second-order valence-corrected chi connectivity index (χ2v) is 13.4. The highest BCUT2D eigenvalue weighted by atomic mass is 35.5. The smallest absolute Gasteiger partial charge is 0.408 e. The van der Waals surface area contributed by atoms with Crippen LogP contribution in [0.1, 0.15) is 44.7 Å². The van der Waals surface area contributed by atoms with E-state index in [1.807, 2.05) is 72.8 Å². The van der Waals surface area contributed by atoms with E-state index in [4.69, 9.17) is 30.9 Å². The highest BCUT2D eigenvalue weighted by Crippen LogP contribution is 2.45. The summed E-state index contributed by atoms with van der Waals surface area (Å²) < 4.78 is 36.4. The molecule has 1 atom stereocenters. The van der Waals surface area contributed by atoms with E-state index in [2.05, 4.69) is 5.32 Å². The molecule has 0 saturated heterocycles. The van der Waals surface area contributed by atoms with E-state index < -0.39 is 30.9 Å². The lowest BCUT2D eigenvalue weighted by atomic mass is 10.0. The number of carbonyl (C=O) groups excluding carboxylic acids is 1. The summed E-state index contributed by atoms with van der Waals surface area (Å²) in [5, 5.41) is 3.02. The molecule has 0 saturated carbocycles. The van der Waals surface area contributed by atoms with Gasteiger partial charge in [0.1, 0.15) is 18.0 Å². The summed E-state index contributed by atoms with van der Waals surface area (Å²) in [7, 11) is -5.08. The molecule has 41 heavy (non-hydrogen) atoms. The second kappa shape index (κ2) is 14.9. The molecule has 3 rings (SSSR count). The molecule has 0 aromatic heterocycles. The fourth-order valence-corrected chi connectivity index (χ4v) is 5.35. The largest absolute Gasteiger partial charge is 0.489 e. The highest BCUT2D eigenvalue weighted by Gasteiger charge is 2.25. The van der Waals surface area contributed by atoms with Crippen LogP contribution < -0.4 is 10.1 Å². The Balaban J connectivity index is 1.59. The summed E-state index contributed by atoms with van der Waals surface area (Å²) in [5.74, 6) is 0.764. The topological polar surface area (TPSA) is 105 Å². The lowest BCUT2D eigenvalue weighted by Gasteiger charge is -2.22. The number of alkyl carbamates (subject to hydrolysis) is 1. The van der Waals surface area contributed by atoms with Crippen molar-refractivity contribution in [2.45, 2.75) is 68.1 Å². The van der Waals surface area contributed by atoms with E-state index in [0.29, 0.717) is 24.5 Å². The summed E-state index contributed by atoms with van der Waals surface area (Å²) in [6.45, 7) is 5.50. The molecular weight excluding hydrogens is 588 g/mol. The molecule has 0 bridgehead atoms. The summed E-state index contributed by atoms with van der Waals surface area (Å²) in [4.78, 5) is 32.3. The van der Waals surface area contributed by atoms with Crippen LogP contribution in [0.4, 0.5) is 9.18 Å². The number of ether oxygens (including phenoxy) is 2. The molecule has 0 aliphatic heterocycles. The molecule has 11 heteroatoms. The van der Waals surface area contributed by atoms with Gasteiger partial charge < -0.3 is 24.6 Å². The van der Waals surface area contributed by atoms with Crippen molar-refractivity contribution in [2.24, 2.45) is 0 Å². The third-order valence-electron chi connectivity index (χ3n) is 5.59. The Morgan fingerprint density at radius 1 is 1.07 bits per heavy atom. The van der Waals surface area contributed by atoms with Crippen molar-refractivity contribution in [2.75, 3.05) is 0 Å². The van der Waals surface area contributed by atoms with E-state index in [0.717, 1.165) is 32.7 Å². The van der Waals surface area contributed by atoms with Crippen LogP contribution in [0.2, 0.25) is 5.02 Å². The fraction of sp³-hybridized carbons (Fsp3) is 0.300. The Morgan fingerprint density at radius 3 is 2.44 bits per heavy atom. The normalized spacial score (nSPS) is 13.0. The monoisotopic (exact) mass is 621 g/mol. The minimum absolute atomic E-state index is 0.204. The van der Waals surface area contributed by atoms with E-state index in [1.165, 1.54) is 0 Å². The highest BCUT2D eigenvalue weighted by molar-refractivity contribution is 7.99. The van der Waals surface area contributed by atoms with Gasteiger partial charge in [0.15, 0.2) is 0 Å². The SMILES string of the molecule is CC(C)(C)OC(=O)NC(C=C(F)P(=O)(O)O)CCCc1ccc(Sc2cccc(OCc3ccccc3)c2)cc1Cl. The summed E-state index contributed by atoms with van der Waals surface area (Å²) in [5.41, 5.74) is -0.453. The van der Waals surface area contributed by atoms with E-state index in [1.54, 1.807) is 32.5 Å². The summed E-state index contributed by atoms with van der Waals surface area (Å²) >= 11 is 8.10. The number of nitrogens with one attached hydrogen (secondary N) is 1. The lowest BCUT2D eigenvalue weighted by Crippen LogP contribution is -2.38. The van der Waals surface area contributed by atoms with Gasteiger partial charge in [-0.05, 0) is 87.6 Å². The zero-order valence-electron chi connectivity index (χ0n) is 23.1. The van der Waals surface area contributed by atoms with Crippen LogP contribution >= 0.6 is 31.0 Å². The van der Waals surface area contributed by atoms with Gasteiger partial charge in [-0.3, -0.25) is 4.57 Å². The molecule has 1 unspecified atom stereocenters. The van der Waals surface area contributed by atoms with Gasteiger partial charge in [-0.1, -0.05) is 65.8 Å². The van der Waals surface area contributed by atoms with Crippen LogP contribution in [0.25, 0.3) is 0 Å². The molecule has 220 valence electrons. The third-order valence-corrected chi connectivity index (χ3v) is 7.63. The first-order valence-corrected chi connectivity index (χ1v) is 15.8. The van der Waals surface area contributed by atoms with Gasteiger partial charge in [-0.25, -0.2) is 4.79 Å². The predicted octanol–water partition coefficient (Wildman–Crippen LogP) is 8.27. The second-order valence-electron chi connectivity index (χ2n) is 10.3. The Bertz CT molecular complexity index is 1390. The lowest BCUT2D eigenvalue weighted by molar-refractivity contribution is 0.0512. The number of amides is 1. The molecule has 0 radical (unpaired) electrons. The fourth-order valence-electron chi connectivity index (χ4n) is 3.73. The van der Waals surface area contributed by atoms with Crippen LogP contribution in [0.5, 0.6) is 5.75 Å². The predicted molar refractivity (Wildman–Crippen MR) is 160 cm³/mol. The van der Waals surface area contributed by atoms with E-state index in [9.17, 15) is 13.8 Å². The molecular formula is C30H34ClFNO6PS. The molecule has 1 amide bonds. The molecule has 7 nitrogen and oxygen atoms in total. The number of carbonyl (C=O) groups is 1. The minimum Gasteiger partial charge on any atom is -0.489 e. The number of hydrogen-bond donors (Lipinski definition) is 3. The number of halogens is 2. The van der Waals surface area contributed by atoms with Crippen LogP contribution in [-0.2, 0) is 22.3 Å². The van der Waals surface area contributed by atoms with Crippen LogP contribution in [-0.4, -0.2) is 27.5 Å². The van der Waals surface area contributed by atoms with Gasteiger partial charge in [0.05, 0.1) is 6.04 Å². The van der Waals surface area contributed by atoms with Crippen molar-refractivity contribution in [3.05, 3.63) is 101 Å². The van der Waals surface area contributed by atoms with Crippen molar-refractivity contribution in [1.29, 1.82) is 0 Å². The van der Waals surface area contributed by atoms with Crippen molar-refractivity contribution in [3.8, 4) is 5.75 Å². The van der Waals surface area contributed by atoms with E-state index in [-0.39, 0.29) is 6.42 Å². The van der Waals surface area contributed by atoms with Crippen LogP contribution in [0.3, 0.4) is 0 Å². The van der Waals surface area contributed by atoms with Crippen molar-refractivity contribution in [3.63, 3.8) is 0 Å². The minimum atomic E-state index is -5.08. The van der Waals surface area contributed by atoms with Crippen LogP contribution in [0, 0.1) is 0 Å². The van der Waals surface area contributed by atoms with Crippen molar-refractivity contribution in [1.82, 2.24) is 5.32 Å². The molecule has 3 aromatic rings. The molecule has 0 heterocycles. The first kappa shape index (κ1) is 32.7. The maximum atomic E-state index is 14.0. The number of aryl methyl sites for hydroxylation is 1. The Kier molecular flexibility index (Phi) is 11.9. The Labute approximate surface area is 249 Å². The van der Waals surface area contributed by atoms with Gasteiger partial charge >= 0.3 is 13.7 Å². The van der Waals surface area contributed by atoms with Gasteiger partial charge in [0, 0.05) is 14.8 Å². The van der Waals surface area contributed by atoms with Gasteiger partial charge in [0.2, 0.25) is 5.57 Å². The van der Waals surface area contributed by atoms with Gasteiger partial charge in [-0.2, -0.15) is 4.39 Å². The molecule has 3 N–H and O–H groups in total. The van der Waals surface area contributed by atoms with Crippen molar-refractivity contribution < 1.29 is 33.0 Å². The number of rotatable bonds is 12. The molecule has 0 aliphatic rings. The maximum absolute atomic E-state index is 14.0. The molecule has 3 aromatic carbocycles. The Hall–Kier alpha value is -2.81. The molecule has 0 aliphatic carbocycles. The zero-order valence-corrected chi connectivity index (χ0v) is 25.5. The van der Waals surface area contributed by atoms with E-state index >= 15 is 0 Å². The van der Waals surface area contributed by atoms with Crippen LogP contribution in [0.15, 0.2) is 94.2 Å². The summed E-state index contributed by atoms with van der Waals surface area (Å²) in [6.07, 6.45) is 1.08. The van der Waals surface area contributed by atoms with Crippen molar-refractivity contribution >= 4 is 37.1 Å². The van der Waals surface area contributed by atoms with Gasteiger partial charge in [-0.15, -0.1) is 0 Å². The maximum Gasteiger partial charge on any atom is 0.408 e. The average Bonchev–Trinajstić information content (AvgIpc) is 2.88. The number of hydrogen-bond acceptors (Lipinski definition) is 5. The van der Waals surface area contributed by atoms with Gasteiger partial charge in [0.25, 0.3) is 0 Å². The Morgan fingerprint density at radius 2 is 1.78 bits per heavy atom. The standard InChI is InChI=1S/C30H34ClFNO6PS/c1-30(2,3)39-29(34)33-23(17-28(32)40(35,36)37)12-7-11-22-15-16-26(19-27(22)31)41-25-14-8-13-24(18-25)38-20-21-9-5-4-6-10-21/h4-6,8-10,13-19,23H,7,11-12,20H2,1-3H3,(H,33,34)(H2,35,36,37). The quantitative estimate of drug-likeness (QED) is 0.175. The average molecular weight is 622 g/mol. The summed E-state index contributed by atoms with van der Waals surface area (Å²) in [6, 6.07) is 22.5.